The zero-order valence-corrected chi connectivity index (χ0v) is 15.1. The van der Waals surface area contributed by atoms with Gasteiger partial charge >= 0.3 is 0 Å². The molecular formula is C19H15ClF2N5O+. The summed E-state index contributed by atoms with van der Waals surface area (Å²) in [6.07, 6.45) is 1.61. The first kappa shape index (κ1) is 18.1. The minimum absolute atomic E-state index is 0.0583. The molecule has 28 heavy (non-hydrogen) atoms. The molecule has 4 rings (SSSR count). The Balaban J connectivity index is 1.69. The molecule has 0 aliphatic heterocycles. The van der Waals surface area contributed by atoms with Crippen LogP contribution in [0.3, 0.4) is 0 Å². The summed E-state index contributed by atoms with van der Waals surface area (Å²) in [7, 11) is 0. The third-order valence-electron chi connectivity index (χ3n) is 4.39. The molecule has 0 amide bonds. The van der Waals surface area contributed by atoms with Gasteiger partial charge in [-0.15, -0.1) is 0 Å². The van der Waals surface area contributed by atoms with Crippen molar-refractivity contribution in [3.63, 3.8) is 0 Å². The Morgan fingerprint density at radius 3 is 2.75 bits per heavy atom. The Morgan fingerprint density at radius 2 is 2.00 bits per heavy atom. The Kier molecular flexibility index (Phi) is 4.58. The van der Waals surface area contributed by atoms with E-state index in [1.807, 2.05) is 0 Å². The van der Waals surface area contributed by atoms with E-state index < -0.39 is 5.82 Å². The van der Waals surface area contributed by atoms with Gasteiger partial charge in [0.2, 0.25) is 11.9 Å². The molecule has 5 N–H and O–H groups in total. The first-order valence-electron chi connectivity index (χ1n) is 8.29. The second kappa shape index (κ2) is 7.06. The number of nitrogen functional groups attached to an aromatic ring is 1. The molecule has 142 valence electrons. The Hall–Kier alpha value is -3.23. The molecule has 0 unspecified atom stereocenters. The summed E-state index contributed by atoms with van der Waals surface area (Å²) < 4.78 is 28.7. The smallest absolute Gasteiger partial charge is 0.241 e. The maximum atomic E-state index is 14.5. The van der Waals surface area contributed by atoms with Crippen LogP contribution in [-0.4, -0.2) is 15.2 Å². The minimum Gasteiger partial charge on any atom is -0.341 e. The van der Waals surface area contributed by atoms with Crippen molar-refractivity contribution in [3.8, 4) is 11.1 Å². The van der Waals surface area contributed by atoms with E-state index in [1.165, 1.54) is 24.4 Å². The van der Waals surface area contributed by atoms with Crippen LogP contribution >= 0.6 is 11.6 Å². The molecule has 9 heteroatoms. The van der Waals surface area contributed by atoms with Gasteiger partial charge in [0.1, 0.15) is 11.6 Å². The highest BCUT2D eigenvalue weighted by Gasteiger charge is 2.20. The van der Waals surface area contributed by atoms with E-state index in [1.54, 1.807) is 24.3 Å². The van der Waals surface area contributed by atoms with Crippen LogP contribution in [0.4, 0.5) is 14.5 Å². The molecule has 2 aromatic carbocycles. The zero-order chi connectivity index (χ0) is 19.8. The highest BCUT2D eigenvalue weighted by atomic mass is 35.5. The molecule has 0 aliphatic rings. The third kappa shape index (κ3) is 3.23. The van der Waals surface area contributed by atoms with Gasteiger partial charge in [0.25, 0.3) is 0 Å². The van der Waals surface area contributed by atoms with Crippen LogP contribution in [0.15, 0.2) is 48.7 Å². The van der Waals surface area contributed by atoms with Crippen molar-refractivity contribution in [1.29, 1.82) is 0 Å². The van der Waals surface area contributed by atoms with Crippen LogP contribution in [0, 0.1) is 11.6 Å². The van der Waals surface area contributed by atoms with Crippen LogP contribution in [0.1, 0.15) is 11.5 Å². The van der Waals surface area contributed by atoms with Gasteiger partial charge in [0.05, 0.1) is 33.7 Å². The van der Waals surface area contributed by atoms with E-state index in [-0.39, 0.29) is 22.8 Å². The summed E-state index contributed by atoms with van der Waals surface area (Å²) in [6, 6.07) is 10.5. The molecule has 0 radical (unpaired) electrons. The number of aromatic amines is 1. The first-order valence-corrected chi connectivity index (χ1v) is 8.67. The number of hydrogen-bond acceptors (Lipinski definition) is 4. The molecule has 0 atom stereocenters. The molecule has 2 heterocycles. The number of nitrogens with one attached hydrogen (secondary N) is 2. The van der Waals surface area contributed by atoms with E-state index in [4.69, 9.17) is 17.4 Å². The second-order valence-corrected chi connectivity index (χ2v) is 6.61. The van der Waals surface area contributed by atoms with Crippen molar-refractivity contribution in [3.05, 3.63) is 76.8 Å². The summed E-state index contributed by atoms with van der Waals surface area (Å²) >= 11 is 5.87. The van der Waals surface area contributed by atoms with Crippen molar-refractivity contribution in [2.24, 2.45) is 5.84 Å². The van der Waals surface area contributed by atoms with Crippen LogP contribution in [0.25, 0.3) is 22.2 Å². The molecule has 0 aliphatic carbocycles. The lowest BCUT2D eigenvalue weighted by Gasteiger charge is -2.10. The Morgan fingerprint density at radius 1 is 1.18 bits per heavy atom. The number of rotatable bonds is 4. The average Bonchev–Trinajstić information content (AvgIpc) is 3.07. The Bertz CT molecular complexity index is 1190. The number of halogens is 3. The summed E-state index contributed by atoms with van der Waals surface area (Å²) in [5.74, 6) is 4.99. The van der Waals surface area contributed by atoms with Gasteiger partial charge in [-0.05, 0) is 36.4 Å². The lowest BCUT2D eigenvalue weighted by atomic mass is 10.0. The number of imidazole rings is 1. The fraction of sp³-hybridized carbons (Fsp3) is 0.0526. The fourth-order valence-electron chi connectivity index (χ4n) is 3.05. The standard InChI is InChI=1S/C19H15ClF2N5O/c20-13-4-6-15(26-23)18(19(13)22)10-1-3-12(27(28)9-10)8-17-24-14-5-2-11(21)7-16(14)25-17/h1-7,9,26,28H,8,23H2,(H,24,25)/q+1. The number of H-pyrrole nitrogens is 1. The molecule has 0 bridgehead atoms. The number of nitrogens with two attached hydrogens (primary N) is 1. The molecule has 2 aromatic heterocycles. The maximum absolute atomic E-state index is 14.5. The molecular weight excluding hydrogens is 388 g/mol. The predicted molar refractivity (Wildman–Crippen MR) is 101 cm³/mol. The van der Waals surface area contributed by atoms with Crippen molar-refractivity contribution >= 4 is 28.3 Å². The normalized spacial score (nSPS) is 11.1. The number of nitrogens with zero attached hydrogens (tertiary/aromatic N) is 2. The first-order chi connectivity index (χ1) is 13.5. The maximum Gasteiger partial charge on any atom is 0.241 e. The van der Waals surface area contributed by atoms with Gasteiger partial charge < -0.3 is 10.4 Å². The van der Waals surface area contributed by atoms with Gasteiger partial charge in [0, 0.05) is 16.4 Å². The average molecular weight is 403 g/mol. The molecule has 0 saturated carbocycles. The highest BCUT2D eigenvalue weighted by Crippen LogP contribution is 2.33. The molecule has 6 nitrogen and oxygen atoms in total. The fourth-order valence-corrected chi connectivity index (χ4v) is 3.21. The van der Waals surface area contributed by atoms with Crippen LogP contribution in [-0.2, 0) is 6.42 Å². The van der Waals surface area contributed by atoms with Crippen molar-refractivity contribution < 1.29 is 18.7 Å². The number of fused-ring (bicyclic) bond motifs is 1. The zero-order valence-electron chi connectivity index (χ0n) is 14.4. The Labute approximate surface area is 163 Å². The number of aromatic nitrogens is 3. The highest BCUT2D eigenvalue weighted by molar-refractivity contribution is 6.31. The van der Waals surface area contributed by atoms with Crippen LogP contribution in [0.5, 0.6) is 0 Å². The van der Waals surface area contributed by atoms with E-state index in [2.05, 4.69) is 15.4 Å². The van der Waals surface area contributed by atoms with E-state index >= 15 is 0 Å². The number of hydrogen-bond donors (Lipinski definition) is 4. The van der Waals surface area contributed by atoms with Crippen molar-refractivity contribution in [2.45, 2.75) is 6.42 Å². The molecule has 0 spiro atoms. The largest absolute Gasteiger partial charge is 0.341 e. The number of pyridine rings is 1. The molecule has 4 aromatic rings. The molecule has 0 saturated heterocycles. The monoisotopic (exact) mass is 402 g/mol. The van der Waals surface area contributed by atoms with E-state index in [0.717, 1.165) is 4.73 Å². The number of hydrazine groups is 1. The summed E-state index contributed by atoms with van der Waals surface area (Å²) in [5, 5.41) is 10.3. The lowest BCUT2D eigenvalue weighted by molar-refractivity contribution is -0.909. The van der Waals surface area contributed by atoms with Crippen molar-refractivity contribution in [2.75, 3.05) is 5.43 Å². The predicted octanol–water partition coefficient (Wildman–Crippen LogP) is 3.56. The summed E-state index contributed by atoms with van der Waals surface area (Å²) in [5.41, 5.74) is 4.95. The van der Waals surface area contributed by atoms with E-state index in [9.17, 15) is 14.0 Å². The van der Waals surface area contributed by atoms with Gasteiger partial charge in [-0.2, -0.15) is 0 Å². The minimum atomic E-state index is -0.649. The lowest BCUT2D eigenvalue weighted by Crippen LogP contribution is -2.35. The third-order valence-corrected chi connectivity index (χ3v) is 4.68. The van der Waals surface area contributed by atoms with Gasteiger partial charge in [-0.3, -0.25) is 11.0 Å². The number of anilines is 1. The van der Waals surface area contributed by atoms with Crippen LogP contribution in [0.2, 0.25) is 5.02 Å². The van der Waals surface area contributed by atoms with Crippen molar-refractivity contribution in [1.82, 2.24) is 9.97 Å². The SMILES string of the molecule is NNc1ccc(Cl)c(F)c1-c1ccc(Cc2nc3ccc(F)cc3[nH]2)[n+](O)c1. The summed E-state index contributed by atoms with van der Waals surface area (Å²) in [4.78, 5) is 7.39. The summed E-state index contributed by atoms with van der Waals surface area (Å²) in [6.45, 7) is 0. The van der Waals surface area contributed by atoms with E-state index in [0.29, 0.717) is 33.8 Å². The van der Waals surface area contributed by atoms with Crippen LogP contribution < -0.4 is 16.0 Å². The topological polar surface area (TPSA) is 90.8 Å². The van der Waals surface area contributed by atoms with Gasteiger partial charge in [0.15, 0.2) is 5.82 Å². The number of benzene rings is 2. The molecule has 0 fully saturated rings. The quantitative estimate of drug-likeness (QED) is 0.182. The van der Waals surface area contributed by atoms with Gasteiger partial charge in [-0.1, -0.05) is 11.6 Å². The van der Waals surface area contributed by atoms with Gasteiger partial charge in [-0.25, -0.2) is 13.8 Å². The second-order valence-electron chi connectivity index (χ2n) is 6.20.